The van der Waals surface area contributed by atoms with Crippen LogP contribution in [-0.4, -0.2) is 37.0 Å². The number of carbonyl (C=O) groups excluding carboxylic acids is 2. The van der Waals surface area contributed by atoms with Crippen LogP contribution in [0.1, 0.15) is 24.9 Å². The summed E-state index contributed by atoms with van der Waals surface area (Å²) in [5.41, 5.74) is 5.88. The highest BCUT2D eigenvalue weighted by molar-refractivity contribution is 5.80. The van der Waals surface area contributed by atoms with E-state index in [0.717, 1.165) is 0 Å². The number of nitrogens with zero attached hydrogens (tertiary/aromatic N) is 1. The Kier molecular flexibility index (Phi) is 4.85. The monoisotopic (exact) mass is 309 g/mol. The first-order chi connectivity index (χ1) is 10.4. The number of amides is 3. The summed E-state index contributed by atoms with van der Waals surface area (Å²) in [6.45, 7) is 2.58. The third-order valence-corrected chi connectivity index (χ3v) is 3.89. The van der Waals surface area contributed by atoms with Gasteiger partial charge in [-0.2, -0.15) is 0 Å². The number of rotatable bonds is 4. The number of halogens is 1. The molecule has 1 aromatic carbocycles. The average molecular weight is 309 g/mol. The molecule has 1 heterocycles. The summed E-state index contributed by atoms with van der Waals surface area (Å²) in [7, 11) is 1.39. The number of nitrogens with two attached hydrogens (primary N) is 1. The standard InChI is InChI=1S/C15H20FN3O3/c1-9(10-3-4-13(22-2)12(16)7-10)18-15(21)19-6-5-11(8-19)14(17)20/h3-4,7,9,11H,5-6,8H2,1-2H3,(H2,17,20)(H,18,21)/t9-,11-/m1/s1. The lowest BCUT2D eigenvalue weighted by Crippen LogP contribution is -2.40. The molecule has 3 N–H and O–H groups in total. The number of ether oxygens (including phenoxy) is 1. The molecule has 2 rings (SSSR count). The molecule has 2 atom stereocenters. The zero-order chi connectivity index (χ0) is 16.3. The fourth-order valence-electron chi connectivity index (χ4n) is 2.49. The van der Waals surface area contributed by atoms with Crippen molar-refractivity contribution in [1.82, 2.24) is 10.2 Å². The molecule has 0 radical (unpaired) electrons. The smallest absolute Gasteiger partial charge is 0.317 e. The van der Waals surface area contributed by atoms with Gasteiger partial charge in [0.2, 0.25) is 5.91 Å². The van der Waals surface area contributed by atoms with Crippen molar-refractivity contribution in [2.24, 2.45) is 11.7 Å². The van der Waals surface area contributed by atoms with Crippen LogP contribution in [0.25, 0.3) is 0 Å². The molecule has 0 aliphatic carbocycles. The van der Waals surface area contributed by atoms with E-state index in [1.165, 1.54) is 19.2 Å². The molecular weight excluding hydrogens is 289 g/mol. The summed E-state index contributed by atoms with van der Waals surface area (Å²) in [6, 6.07) is 3.91. The van der Waals surface area contributed by atoms with Gasteiger partial charge in [-0.1, -0.05) is 6.07 Å². The van der Waals surface area contributed by atoms with Gasteiger partial charge in [-0.05, 0) is 31.0 Å². The molecule has 1 aliphatic rings. The van der Waals surface area contributed by atoms with Crippen LogP contribution in [0.3, 0.4) is 0 Å². The number of methoxy groups -OCH3 is 1. The van der Waals surface area contributed by atoms with E-state index in [1.807, 2.05) is 0 Å². The lowest BCUT2D eigenvalue weighted by molar-refractivity contribution is -0.121. The van der Waals surface area contributed by atoms with Crippen molar-refractivity contribution >= 4 is 11.9 Å². The van der Waals surface area contributed by atoms with Crippen LogP contribution in [0, 0.1) is 11.7 Å². The topological polar surface area (TPSA) is 84.7 Å². The van der Waals surface area contributed by atoms with Gasteiger partial charge in [-0.15, -0.1) is 0 Å². The van der Waals surface area contributed by atoms with E-state index >= 15 is 0 Å². The van der Waals surface area contributed by atoms with Crippen LogP contribution < -0.4 is 15.8 Å². The lowest BCUT2D eigenvalue weighted by atomic mass is 10.1. The first-order valence-electron chi connectivity index (χ1n) is 7.10. The van der Waals surface area contributed by atoms with Crippen LogP contribution in [0.2, 0.25) is 0 Å². The van der Waals surface area contributed by atoms with Gasteiger partial charge in [0.05, 0.1) is 19.1 Å². The maximum atomic E-state index is 13.7. The van der Waals surface area contributed by atoms with Crippen molar-refractivity contribution in [2.45, 2.75) is 19.4 Å². The van der Waals surface area contributed by atoms with E-state index in [4.69, 9.17) is 10.5 Å². The van der Waals surface area contributed by atoms with E-state index < -0.39 is 5.82 Å². The highest BCUT2D eigenvalue weighted by Crippen LogP contribution is 2.22. The number of likely N-dealkylation sites (tertiary alicyclic amines) is 1. The minimum absolute atomic E-state index is 0.158. The maximum Gasteiger partial charge on any atom is 0.317 e. The van der Waals surface area contributed by atoms with E-state index in [0.29, 0.717) is 25.1 Å². The number of hydrogen-bond donors (Lipinski definition) is 2. The summed E-state index contributed by atoms with van der Waals surface area (Å²) in [5, 5.41) is 2.79. The molecule has 6 nitrogen and oxygen atoms in total. The van der Waals surface area contributed by atoms with Gasteiger partial charge in [-0.3, -0.25) is 4.79 Å². The maximum absolute atomic E-state index is 13.7. The van der Waals surface area contributed by atoms with Crippen LogP contribution in [0.15, 0.2) is 18.2 Å². The second-order valence-corrected chi connectivity index (χ2v) is 5.40. The molecule has 3 amide bonds. The minimum Gasteiger partial charge on any atom is -0.494 e. The Balaban J connectivity index is 1.97. The molecule has 0 spiro atoms. The van der Waals surface area contributed by atoms with Gasteiger partial charge in [0.15, 0.2) is 11.6 Å². The Hall–Kier alpha value is -2.31. The first-order valence-corrected chi connectivity index (χ1v) is 7.10. The molecular formula is C15H20FN3O3. The van der Waals surface area contributed by atoms with Crippen molar-refractivity contribution in [3.05, 3.63) is 29.6 Å². The zero-order valence-corrected chi connectivity index (χ0v) is 12.6. The van der Waals surface area contributed by atoms with Crippen molar-refractivity contribution in [2.75, 3.05) is 20.2 Å². The second-order valence-electron chi connectivity index (χ2n) is 5.40. The molecule has 1 aromatic rings. The summed E-state index contributed by atoms with van der Waals surface area (Å²) >= 11 is 0. The Bertz CT molecular complexity index is 579. The quantitative estimate of drug-likeness (QED) is 0.882. The number of primary amides is 1. The predicted molar refractivity (Wildman–Crippen MR) is 78.8 cm³/mol. The molecule has 0 bridgehead atoms. The Labute approximate surface area is 128 Å². The predicted octanol–water partition coefficient (Wildman–Crippen LogP) is 1.41. The highest BCUT2D eigenvalue weighted by Gasteiger charge is 2.30. The Morgan fingerprint density at radius 3 is 2.77 bits per heavy atom. The van der Waals surface area contributed by atoms with Crippen LogP contribution >= 0.6 is 0 Å². The zero-order valence-electron chi connectivity index (χ0n) is 12.6. The largest absolute Gasteiger partial charge is 0.494 e. The van der Waals surface area contributed by atoms with E-state index in [-0.39, 0.29) is 29.6 Å². The fraction of sp³-hybridized carbons (Fsp3) is 0.467. The summed E-state index contributed by atoms with van der Waals surface area (Å²) in [4.78, 5) is 24.8. The third-order valence-electron chi connectivity index (χ3n) is 3.89. The van der Waals surface area contributed by atoms with Crippen LogP contribution in [0.4, 0.5) is 9.18 Å². The molecule has 120 valence electrons. The van der Waals surface area contributed by atoms with E-state index in [1.54, 1.807) is 17.9 Å². The third kappa shape index (κ3) is 3.47. The Morgan fingerprint density at radius 1 is 1.50 bits per heavy atom. The molecule has 1 aliphatic heterocycles. The number of urea groups is 1. The summed E-state index contributed by atoms with van der Waals surface area (Å²) in [5.74, 6) is -0.998. The van der Waals surface area contributed by atoms with Crippen molar-refractivity contribution < 1.29 is 18.7 Å². The summed E-state index contributed by atoms with van der Waals surface area (Å²) in [6.07, 6.45) is 0.578. The number of carbonyl (C=O) groups is 2. The van der Waals surface area contributed by atoms with Crippen LogP contribution in [0.5, 0.6) is 5.75 Å². The van der Waals surface area contributed by atoms with Gasteiger partial charge in [0, 0.05) is 13.1 Å². The first kappa shape index (κ1) is 16.1. The Morgan fingerprint density at radius 2 is 2.23 bits per heavy atom. The molecule has 0 aromatic heterocycles. The fourth-order valence-corrected chi connectivity index (χ4v) is 2.49. The molecule has 22 heavy (non-hydrogen) atoms. The van der Waals surface area contributed by atoms with Crippen molar-refractivity contribution in [3.63, 3.8) is 0 Å². The van der Waals surface area contributed by atoms with Crippen molar-refractivity contribution in [3.8, 4) is 5.75 Å². The molecule has 1 saturated heterocycles. The van der Waals surface area contributed by atoms with Crippen LogP contribution in [-0.2, 0) is 4.79 Å². The molecule has 1 fully saturated rings. The molecule has 0 unspecified atom stereocenters. The summed E-state index contributed by atoms with van der Waals surface area (Å²) < 4.78 is 18.6. The van der Waals surface area contributed by atoms with E-state index in [9.17, 15) is 14.0 Å². The normalized spacial score (nSPS) is 18.9. The second kappa shape index (κ2) is 6.64. The lowest BCUT2D eigenvalue weighted by Gasteiger charge is -2.21. The van der Waals surface area contributed by atoms with Gasteiger partial charge in [0.1, 0.15) is 0 Å². The van der Waals surface area contributed by atoms with Gasteiger partial charge < -0.3 is 20.7 Å². The number of nitrogens with one attached hydrogen (secondary N) is 1. The highest BCUT2D eigenvalue weighted by atomic mass is 19.1. The van der Waals surface area contributed by atoms with E-state index in [2.05, 4.69) is 5.32 Å². The van der Waals surface area contributed by atoms with Crippen molar-refractivity contribution in [1.29, 1.82) is 0 Å². The molecule has 0 saturated carbocycles. The van der Waals surface area contributed by atoms with Gasteiger partial charge in [0.25, 0.3) is 0 Å². The van der Waals surface area contributed by atoms with Gasteiger partial charge >= 0.3 is 6.03 Å². The number of benzene rings is 1. The SMILES string of the molecule is COc1ccc([C@@H](C)NC(=O)N2CC[C@@H](C(N)=O)C2)cc1F. The molecule has 7 heteroatoms. The van der Waals surface area contributed by atoms with Gasteiger partial charge in [-0.25, -0.2) is 9.18 Å². The number of hydrogen-bond acceptors (Lipinski definition) is 3. The minimum atomic E-state index is -0.476. The average Bonchev–Trinajstić information content (AvgIpc) is 2.97.